The second kappa shape index (κ2) is 4.75. The van der Waals surface area contributed by atoms with E-state index in [0.717, 1.165) is 30.5 Å². The summed E-state index contributed by atoms with van der Waals surface area (Å²) in [6, 6.07) is 2.05. The van der Waals surface area contributed by atoms with Crippen LogP contribution in [0, 0.1) is 5.92 Å². The highest BCUT2D eigenvalue weighted by atomic mass is 16.5. The molecule has 1 aromatic carbocycles. The summed E-state index contributed by atoms with van der Waals surface area (Å²) in [6.45, 7) is 0.766. The minimum atomic E-state index is -0.661. The molecule has 2 aliphatic heterocycles. The van der Waals surface area contributed by atoms with Crippen molar-refractivity contribution >= 4 is 0 Å². The van der Waals surface area contributed by atoms with Gasteiger partial charge in [0.25, 0.3) is 0 Å². The van der Waals surface area contributed by atoms with Crippen molar-refractivity contribution in [2.75, 3.05) is 20.2 Å². The molecule has 1 aromatic rings. The Kier molecular flexibility index (Phi) is 2.92. The van der Waals surface area contributed by atoms with Gasteiger partial charge in [-0.1, -0.05) is 12.2 Å². The molecule has 0 saturated carbocycles. The van der Waals surface area contributed by atoms with Crippen molar-refractivity contribution in [2.24, 2.45) is 5.92 Å². The average molecular weight is 328 g/mol. The number of aliphatic hydroxyl groups excluding tert-OH is 1. The van der Waals surface area contributed by atoms with Gasteiger partial charge in [0.15, 0.2) is 11.5 Å². The Morgan fingerprint density at radius 1 is 1.42 bits per heavy atom. The number of benzene rings is 1. The predicted octanol–water partition coefficient (Wildman–Crippen LogP) is 1.17. The van der Waals surface area contributed by atoms with Gasteiger partial charge in [-0.2, -0.15) is 0 Å². The predicted molar refractivity (Wildman–Crippen MR) is 86.8 cm³/mol. The standard InChI is InChI=1S/C19H22NO4/c1-20-6-5-19-12-2-3-14(22)18(19)24-17-15(23)8-10(4-7-21)11(16(17)19)9-13(12)20/h2-3,8,12-14,18,22-23H,4-7,9H2,1H3/t12-,13+,14-,18-,19-/m0/s1. The number of hydrogen-bond acceptors (Lipinski definition) is 4. The molecule has 127 valence electrons. The van der Waals surface area contributed by atoms with Crippen LogP contribution in [0.1, 0.15) is 23.1 Å². The molecule has 0 unspecified atom stereocenters. The maximum atomic E-state index is 11.3. The SMILES string of the molecule is CN1CC[C@]23c4c5c(CC[O])cc(O)c4O[C@H]2[C@@H](O)C=C[C@H]3[C@H]1C5. The van der Waals surface area contributed by atoms with E-state index in [4.69, 9.17) is 4.74 Å². The van der Waals surface area contributed by atoms with Crippen molar-refractivity contribution in [3.05, 3.63) is 34.9 Å². The number of rotatable bonds is 2. The monoisotopic (exact) mass is 328 g/mol. The number of ether oxygens (including phenoxy) is 1. The van der Waals surface area contributed by atoms with Gasteiger partial charge in [0.1, 0.15) is 12.2 Å². The maximum absolute atomic E-state index is 11.3. The van der Waals surface area contributed by atoms with Crippen LogP contribution in [0.2, 0.25) is 0 Å². The van der Waals surface area contributed by atoms with Crippen LogP contribution in [-0.4, -0.2) is 53.6 Å². The van der Waals surface area contributed by atoms with Crippen molar-refractivity contribution in [3.8, 4) is 11.5 Å². The lowest BCUT2D eigenvalue weighted by atomic mass is 9.53. The highest BCUT2D eigenvalue weighted by Gasteiger charge is 2.64. The van der Waals surface area contributed by atoms with E-state index < -0.39 is 6.10 Å². The van der Waals surface area contributed by atoms with Gasteiger partial charge in [0.05, 0.1) is 6.61 Å². The van der Waals surface area contributed by atoms with Gasteiger partial charge < -0.3 is 19.8 Å². The molecule has 5 heteroatoms. The number of phenolic OH excluding ortho intramolecular Hbond substituents is 1. The fourth-order valence-electron chi connectivity index (χ4n) is 5.73. The third-order valence-corrected chi connectivity index (χ3v) is 6.74. The molecule has 2 aliphatic carbocycles. The fourth-order valence-corrected chi connectivity index (χ4v) is 5.73. The molecule has 1 fully saturated rings. The lowest BCUT2D eigenvalue weighted by molar-refractivity contribution is -0.0454. The number of phenols is 1. The van der Waals surface area contributed by atoms with Crippen LogP contribution in [0.15, 0.2) is 18.2 Å². The summed E-state index contributed by atoms with van der Waals surface area (Å²) in [5.41, 5.74) is 2.93. The molecule has 2 bridgehead atoms. The summed E-state index contributed by atoms with van der Waals surface area (Å²) >= 11 is 0. The molecular weight excluding hydrogens is 306 g/mol. The average Bonchev–Trinajstić information content (AvgIpc) is 2.91. The Bertz CT molecular complexity index is 745. The van der Waals surface area contributed by atoms with E-state index in [1.54, 1.807) is 6.07 Å². The van der Waals surface area contributed by atoms with Crippen LogP contribution < -0.4 is 4.74 Å². The molecule has 5 nitrogen and oxygen atoms in total. The quantitative estimate of drug-likeness (QED) is 0.800. The molecular formula is C19H22NO4. The minimum Gasteiger partial charge on any atom is -0.504 e. The molecule has 5 atom stereocenters. The second-order valence-electron chi connectivity index (χ2n) is 7.67. The molecule has 5 rings (SSSR count). The Morgan fingerprint density at radius 3 is 3.04 bits per heavy atom. The fraction of sp³-hybridized carbons (Fsp3) is 0.579. The number of aliphatic hydroxyl groups is 1. The largest absolute Gasteiger partial charge is 0.504 e. The zero-order valence-corrected chi connectivity index (χ0v) is 13.7. The summed E-state index contributed by atoms with van der Waals surface area (Å²) in [7, 11) is 2.15. The number of likely N-dealkylation sites (tertiary alicyclic amines) is 1. The third kappa shape index (κ3) is 1.56. The summed E-state index contributed by atoms with van der Waals surface area (Å²) in [5.74, 6) is 0.935. The van der Waals surface area contributed by atoms with E-state index in [-0.39, 0.29) is 29.8 Å². The first kappa shape index (κ1) is 14.8. The first-order chi connectivity index (χ1) is 11.6. The molecule has 2 N–H and O–H groups in total. The molecule has 4 aliphatic rings. The van der Waals surface area contributed by atoms with Crippen molar-refractivity contribution < 1.29 is 20.1 Å². The van der Waals surface area contributed by atoms with Crippen LogP contribution >= 0.6 is 0 Å². The minimum absolute atomic E-state index is 0.115. The highest BCUT2D eigenvalue weighted by molar-refractivity contribution is 5.64. The van der Waals surface area contributed by atoms with Crippen LogP contribution in [0.4, 0.5) is 0 Å². The first-order valence-corrected chi connectivity index (χ1v) is 8.77. The van der Waals surface area contributed by atoms with Gasteiger partial charge in [-0.15, -0.1) is 0 Å². The number of likely N-dealkylation sites (N-methyl/N-ethyl adjacent to an activating group) is 1. The van der Waals surface area contributed by atoms with Gasteiger partial charge >= 0.3 is 0 Å². The summed E-state index contributed by atoms with van der Waals surface area (Å²) in [5, 5.41) is 32.3. The Hall–Kier alpha value is -1.56. The van der Waals surface area contributed by atoms with Crippen molar-refractivity contribution in [3.63, 3.8) is 0 Å². The van der Waals surface area contributed by atoms with Gasteiger partial charge in [0.2, 0.25) is 0 Å². The smallest absolute Gasteiger partial charge is 0.165 e. The van der Waals surface area contributed by atoms with E-state index in [1.165, 1.54) is 5.56 Å². The number of piperidine rings is 1. The van der Waals surface area contributed by atoms with Gasteiger partial charge in [0, 0.05) is 22.9 Å². The number of nitrogens with zero attached hydrogens (tertiary/aromatic N) is 1. The van der Waals surface area contributed by atoms with Crippen LogP contribution in [0.5, 0.6) is 11.5 Å². The van der Waals surface area contributed by atoms with Gasteiger partial charge in [-0.3, -0.25) is 0 Å². The Labute approximate surface area is 141 Å². The normalized spacial score (nSPS) is 38.8. The highest BCUT2D eigenvalue weighted by Crippen LogP contribution is 2.62. The van der Waals surface area contributed by atoms with Crippen molar-refractivity contribution in [2.45, 2.75) is 42.9 Å². The topological polar surface area (TPSA) is 72.8 Å². The zero-order chi connectivity index (χ0) is 16.6. The molecule has 0 amide bonds. The van der Waals surface area contributed by atoms with Crippen LogP contribution in [0.3, 0.4) is 0 Å². The van der Waals surface area contributed by atoms with Crippen LogP contribution in [0.25, 0.3) is 0 Å². The van der Waals surface area contributed by atoms with E-state index >= 15 is 0 Å². The maximum Gasteiger partial charge on any atom is 0.165 e. The summed E-state index contributed by atoms with van der Waals surface area (Å²) in [4.78, 5) is 2.39. The molecule has 0 aromatic heterocycles. The van der Waals surface area contributed by atoms with Gasteiger partial charge in [-0.05, 0) is 50.0 Å². The zero-order valence-electron chi connectivity index (χ0n) is 13.7. The van der Waals surface area contributed by atoms with Crippen molar-refractivity contribution in [1.29, 1.82) is 0 Å². The third-order valence-electron chi connectivity index (χ3n) is 6.74. The molecule has 1 spiro atoms. The molecule has 2 heterocycles. The molecule has 1 saturated heterocycles. The summed E-state index contributed by atoms with van der Waals surface area (Å²) in [6.07, 6.45) is 5.20. The van der Waals surface area contributed by atoms with Crippen molar-refractivity contribution in [1.82, 2.24) is 4.90 Å². The summed E-state index contributed by atoms with van der Waals surface area (Å²) < 4.78 is 6.14. The van der Waals surface area contributed by atoms with Gasteiger partial charge in [-0.25, -0.2) is 5.11 Å². The van der Waals surface area contributed by atoms with E-state index in [0.29, 0.717) is 18.2 Å². The van der Waals surface area contributed by atoms with E-state index in [9.17, 15) is 15.3 Å². The van der Waals surface area contributed by atoms with Crippen LogP contribution in [-0.2, 0) is 23.4 Å². The lowest BCUT2D eigenvalue weighted by Crippen LogP contribution is -2.64. The number of aromatic hydroxyl groups is 1. The lowest BCUT2D eigenvalue weighted by Gasteiger charge is -2.56. The number of hydrogen-bond donors (Lipinski definition) is 2. The van der Waals surface area contributed by atoms with E-state index in [2.05, 4.69) is 18.0 Å². The Morgan fingerprint density at radius 2 is 2.25 bits per heavy atom. The first-order valence-electron chi connectivity index (χ1n) is 8.77. The van der Waals surface area contributed by atoms with E-state index in [1.807, 2.05) is 6.08 Å². The molecule has 24 heavy (non-hydrogen) atoms. The second-order valence-corrected chi connectivity index (χ2v) is 7.67. The molecule has 1 radical (unpaired) electrons. The Balaban J connectivity index is 1.82.